The van der Waals surface area contributed by atoms with Crippen LogP contribution in [0.5, 0.6) is 0 Å². The summed E-state index contributed by atoms with van der Waals surface area (Å²) in [5.41, 5.74) is 1.59. The van der Waals surface area contributed by atoms with Gasteiger partial charge in [-0.1, -0.05) is 53.7 Å². The van der Waals surface area contributed by atoms with E-state index in [0.717, 1.165) is 11.1 Å². The van der Waals surface area contributed by atoms with Gasteiger partial charge < -0.3 is 10.3 Å². The molecule has 0 spiro atoms. The minimum absolute atomic E-state index is 0.152. The molecule has 0 bridgehead atoms. The molecular weight excluding hydrogens is 384 g/mol. The number of thioether (sulfide) groups is 1. The van der Waals surface area contributed by atoms with Crippen LogP contribution in [0.15, 0.2) is 64.2 Å². The lowest BCUT2D eigenvalue weighted by Gasteiger charge is -2.07. The zero-order chi connectivity index (χ0) is 18.8. The van der Waals surface area contributed by atoms with Crippen molar-refractivity contribution in [3.63, 3.8) is 0 Å². The summed E-state index contributed by atoms with van der Waals surface area (Å²) in [6, 6.07) is 17.0. The molecule has 7 nitrogen and oxygen atoms in total. The molecule has 9 heteroatoms. The Bertz CT molecular complexity index is 1060. The van der Waals surface area contributed by atoms with Gasteiger partial charge in [0.1, 0.15) is 0 Å². The van der Waals surface area contributed by atoms with Gasteiger partial charge in [0.2, 0.25) is 16.9 Å². The van der Waals surface area contributed by atoms with Crippen molar-refractivity contribution in [2.45, 2.75) is 17.3 Å². The van der Waals surface area contributed by atoms with Crippen LogP contribution in [0.2, 0.25) is 5.02 Å². The van der Waals surface area contributed by atoms with Crippen molar-refractivity contribution >= 4 is 23.4 Å². The average Bonchev–Trinajstić information content (AvgIpc) is 3.31. The summed E-state index contributed by atoms with van der Waals surface area (Å²) < 4.78 is 7.21. The summed E-state index contributed by atoms with van der Waals surface area (Å²) in [6.07, 6.45) is 0. The molecule has 0 saturated heterocycles. The van der Waals surface area contributed by atoms with Gasteiger partial charge in [-0.15, -0.1) is 20.4 Å². The largest absolute Gasteiger partial charge is 0.419 e. The van der Waals surface area contributed by atoms with Crippen LogP contribution < -0.4 is 5.84 Å². The summed E-state index contributed by atoms with van der Waals surface area (Å²) in [7, 11) is 0. The first-order chi connectivity index (χ1) is 13.1. The summed E-state index contributed by atoms with van der Waals surface area (Å²) in [5.74, 6) is 7.63. The Hall–Kier alpha value is -2.84. The fourth-order valence-corrected chi connectivity index (χ4v) is 3.51. The molecule has 0 aliphatic heterocycles. The van der Waals surface area contributed by atoms with E-state index in [9.17, 15) is 0 Å². The highest BCUT2D eigenvalue weighted by Gasteiger charge is 2.21. The molecule has 1 atom stereocenters. The number of halogens is 1. The van der Waals surface area contributed by atoms with Gasteiger partial charge in [-0.3, -0.25) is 0 Å². The first kappa shape index (κ1) is 17.6. The first-order valence-corrected chi connectivity index (χ1v) is 9.40. The average molecular weight is 399 g/mol. The van der Waals surface area contributed by atoms with E-state index >= 15 is 0 Å². The number of aromatic nitrogens is 5. The molecule has 2 heterocycles. The summed E-state index contributed by atoms with van der Waals surface area (Å²) in [4.78, 5) is 0. The van der Waals surface area contributed by atoms with Gasteiger partial charge in [-0.25, -0.2) is 4.68 Å². The summed E-state index contributed by atoms with van der Waals surface area (Å²) in [5, 5.41) is 17.5. The topological polar surface area (TPSA) is 95.7 Å². The lowest BCUT2D eigenvalue weighted by Crippen LogP contribution is -2.12. The van der Waals surface area contributed by atoms with Crippen LogP contribution in [0.4, 0.5) is 0 Å². The first-order valence-electron chi connectivity index (χ1n) is 8.14. The van der Waals surface area contributed by atoms with Crippen LogP contribution in [0.3, 0.4) is 0 Å². The van der Waals surface area contributed by atoms with Gasteiger partial charge in [0.05, 0.1) is 10.3 Å². The zero-order valence-electron chi connectivity index (χ0n) is 14.3. The smallest absolute Gasteiger partial charge is 0.247 e. The fourth-order valence-electron chi connectivity index (χ4n) is 2.49. The molecule has 2 aromatic heterocycles. The molecule has 4 aromatic rings. The minimum atomic E-state index is -0.152. The Morgan fingerprint density at radius 2 is 1.74 bits per heavy atom. The molecular formula is C18H15ClN6OS. The lowest BCUT2D eigenvalue weighted by molar-refractivity contribution is 0.509. The van der Waals surface area contributed by atoms with Crippen molar-refractivity contribution in [1.82, 2.24) is 25.1 Å². The third kappa shape index (κ3) is 3.54. The van der Waals surface area contributed by atoms with E-state index in [-0.39, 0.29) is 5.25 Å². The van der Waals surface area contributed by atoms with Crippen molar-refractivity contribution in [2.75, 3.05) is 5.84 Å². The van der Waals surface area contributed by atoms with Gasteiger partial charge in [0.15, 0.2) is 5.82 Å². The molecule has 0 aliphatic rings. The third-order valence-electron chi connectivity index (χ3n) is 3.87. The maximum absolute atomic E-state index is 6.23. The molecule has 0 aliphatic carbocycles. The number of nitrogens with zero attached hydrogens (tertiary/aromatic N) is 5. The van der Waals surface area contributed by atoms with Crippen molar-refractivity contribution < 1.29 is 4.42 Å². The van der Waals surface area contributed by atoms with Gasteiger partial charge in [-0.2, -0.15) is 0 Å². The Morgan fingerprint density at radius 3 is 2.52 bits per heavy atom. The molecule has 0 radical (unpaired) electrons. The van der Waals surface area contributed by atoms with Crippen molar-refractivity contribution in [3.05, 3.63) is 65.5 Å². The number of rotatable bonds is 5. The van der Waals surface area contributed by atoms with E-state index in [0.29, 0.717) is 27.8 Å². The molecule has 2 N–H and O–H groups in total. The molecule has 2 aromatic carbocycles. The predicted molar refractivity (Wildman–Crippen MR) is 105 cm³/mol. The second-order valence-corrected chi connectivity index (χ2v) is 7.44. The van der Waals surface area contributed by atoms with E-state index in [4.69, 9.17) is 21.9 Å². The Kier molecular flexibility index (Phi) is 4.83. The quantitative estimate of drug-likeness (QED) is 0.397. The second kappa shape index (κ2) is 7.42. The SMILES string of the molecule is C[C@@H](Sc1nnc(-c2ccccc2Cl)n1N)c1nnc(-c2ccccc2)o1. The van der Waals surface area contributed by atoms with Crippen molar-refractivity contribution in [1.29, 1.82) is 0 Å². The van der Waals surface area contributed by atoms with E-state index in [2.05, 4.69) is 20.4 Å². The van der Waals surface area contributed by atoms with Crippen LogP contribution in [-0.2, 0) is 0 Å². The predicted octanol–water partition coefficient (Wildman–Crippen LogP) is 4.22. The standard InChI is InChI=1S/C18H15ClN6OS/c1-11(16-22-23-17(26-16)12-7-3-2-4-8-12)27-18-24-21-15(25(18)20)13-9-5-6-10-14(13)19/h2-11H,20H2,1H3/t11-/m1/s1. The van der Waals surface area contributed by atoms with Gasteiger partial charge in [0, 0.05) is 11.1 Å². The summed E-state index contributed by atoms with van der Waals surface area (Å²) in [6.45, 7) is 1.94. The van der Waals surface area contributed by atoms with Crippen molar-refractivity contribution in [3.8, 4) is 22.8 Å². The second-order valence-electron chi connectivity index (χ2n) is 5.73. The van der Waals surface area contributed by atoms with E-state index in [1.807, 2.05) is 55.5 Å². The normalized spacial score (nSPS) is 12.2. The van der Waals surface area contributed by atoms with E-state index in [1.54, 1.807) is 6.07 Å². The van der Waals surface area contributed by atoms with Crippen molar-refractivity contribution in [2.24, 2.45) is 0 Å². The Balaban J connectivity index is 1.55. The van der Waals surface area contributed by atoms with Gasteiger partial charge in [-0.05, 0) is 31.2 Å². The maximum Gasteiger partial charge on any atom is 0.247 e. The highest BCUT2D eigenvalue weighted by molar-refractivity contribution is 7.99. The molecule has 136 valence electrons. The van der Waals surface area contributed by atoms with E-state index < -0.39 is 0 Å². The molecule has 0 amide bonds. The molecule has 27 heavy (non-hydrogen) atoms. The number of hydrogen-bond donors (Lipinski definition) is 1. The maximum atomic E-state index is 6.23. The fraction of sp³-hybridized carbons (Fsp3) is 0.111. The highest BCUT2D eigenvalue weighted by Crippen LogP contribution is 2.35. The van der Waals surface area contributed by atoms with Crippen LogP contribution in [-0.4, -0.2) is 25.1 Å². The van der Waals surface area contributed by atoms with Crippen LogP contribution in [0, 0.1) is 0 Å². The number of benzene rings is 2. The van der Waals surface area contributed by atoms with Gasteiger partial charge in [0.25, 0.3) is 0 Å². The number of hydrogen-bond acceptors (Lipinski definition) is 7. The molecule has 0 saturated carbocycles. The highest BCUT2D eigenvalue weighted by atomic mass is 35.5. The molecule has 4 rings (SSSR count). The monoisotopic (exact) mass is 398 g/mol. The minimum Gasteiger partial charge on any atom is -0.419 e. The Labute approximate surface area is 164 Å². The number of nitrogens with two attached hydrogens (primary N) is 1. The molecule has 0 unspecified atom stereocenters. The summed E-state index contributed by atoms with van der Waals surface area (Å²) >= 11 is 7.60. The van der Waals surface area contributed by atoms with Crippen LogP contribution in [0.1, 0.15) is 18.1 Å². The third-order valence-corrected chi connectivity index (χ3v) is 5.24. The van der Waals surface area contributed by atoms with E-state index in [1.165, 1.54) is 16.4 Å². The molecule has 0 fully saturated rings. The van der Waals surface area contributed by atoms with Crippen LogP contribution >= 0.6 is 23.4 Å². The van der Waals surface area contributed by atoms with Gasteiger partial charge >= 0.3 is 0 Å². The van der Waals surface area contributed by atoms with Crippen LogP contribution in [0.25, 0.3) is 22.8 Å². The zero-order valence-corrected chi connectivity index (χ0v) is 15.9. The number of nitrogen functional groups attached to an aromatic ring is 1. The Morgan fingerprint density at radius 1 is 1.00 bits per heavy atom. The lowest BCUT2D eigenvalue weighted by atomic mass is 10.2.